The van der Waals surface area contributed by atoms with Gasteiger partial charge in [0.05, 0.1) is 6.10 Å². The maximum Gasteiger partial charge on any atom is 0.306 e. The van der Waals surface area contributed by atoms with Crippen LogP contribution in [0.3, 0.4) is 0 Å². The summed E-state index contributed by atoms with van der Waals surface area (Å²) in [5.74, 6) is 0.989. The third-order valence-corrected chi connectivity index (χ3v) is 8.79. The molecule has 26 heavy (non-hydrogen) atoms. The summed E-state index contributed by atoms with van der Waals surface area (Å²) in [6, 6.07) is 0. The number of ether oxygens (including phenoxy) is 1. The van der Waals surface area contributed by atoms with E-state index < -0.39 is 6.10 Å². The van der Waals surface area contributed by atoms with Gasteiger partial charge in [0.2, 0.25) is 0 Å². The first kappa shape index (κ1) is 16.7. The van der Waals surface area contributed by atoms with Crippen molar-refractivity contribution in [3.05, 3.63) is 23.8 Å². The fourth-order valence-electron chi connectivity index (χ4n) is 7.41. The summed E-state index contributed by atoms with van der Waals surface area (Å²) in [7, 11) is 0. The molecular weight excluding hydrogens is 328 g/mol. The van der Waals surface area contributed by atoms with Gasteiger partial charge in [-0.15, -0.1) is 0 Å². The normalized spacial score (nSPS) is 52.3. The number of allylic oxidation sites excluding steroid dienone is 4. The Morgan fingerprint density at radius 2 is 1.96 bits per heavy atom. The van der Waals surface area contributed by atoms with E-state index in [2.05, 4.69) is 26.0 Å². The van der Waals surface area contributed by atoms with Gasteiger partial charge in [-0.1, -0.05) is 26.0 Å². The molecule has 1 saturated heterocycles. The topological polar surface area (TPSA) is 63.6 Å². The number of esters is 1. The lowest BCUT2D eigenvalue weighted by Crippen LogP contribution is -2.58. The minimum absolute atomic E-state index is 0.0781. The predicted octanol–water partition coefficient (Wildman–Crippen LogP) is 3.34. The van der Waals surface area contributed by atoms with Crippen molar-refractivity contribution in [3.8, 4) is 0 Å². The highest BCUT2D eigenvalue weighted by Gasteiger charge is 2.68. The Bertz CT molecular complexity index is 751. The van der Waals surface area contributed by atoms with Crippen LogP contribution in [0, 0.1) is 28.6 Å². The third kappa shape index (κ3) is 1.89. The molecule has 2 saturated carbocycles. The minimum atomic E-state index is -0.429. The molecule has 0 unspecified atom stereocenters. The molecule has 140 valence electrons. The van der Waals surface area contributed by atoms with E-state index in [1.807, 2.05) is 0 Å². The van der Waals surface area contributed by atoms with Gasteiger partial charge in [-0.3, -0.25) is 9.59 Å². The number of aliphatic hydroxyl groups excluding tert-OH is 1. The Hall–Kier alpha value is -1.42. The second kappa shape index (κ2) is 5.09. The van der Waals surface area contributed by atoms with E-state index >= 15 is 0 Å². The summed E-state index contributed by atoms with van der Waals surface area (Å²) in [6.07, 6.45) is 11.1. The molecule has 0 aromatic carbocycles. The highest BCUT2D eigenvalue weighted by molar-refractivity contribution is 5.92. The van der Waals surface area contributed by atoms with Gasteiger partial charge >= 0.3 is 5.97 Å². The lowest BCUT2D eigenvalue weighted by molar-refractivity contribution is -0.177. The Kier molecular flexibility index (Phi) is 3.28. The van der Waals surface area contributed by atoms with E-state index in [4.69, 9.17) is 4.74 Å². The van der Waals surface area contributed by atoms with Gasteiger partial charge in [0.15, 0.2) is 5.78 Å². The summed E-state index contributed by atoms with van der Waals surface area (Å²) in [5, 5.41) is 11.3. The zero-order chi connectivity index (χ0) is 18.3. The van der Waals surface area contributed by atoms with Gasteiger partial charge in [-0.2, -0.15) is 0 Å². The monoisotopic (exact) mass is 356 g/mol. The number of ketones is 1. The van der Waals surface area contributed by atoms with Crippen LogP contribution >= 0.6 is 0 Å². The van der Waals surface area contributed by atoms with Crippen molar-refractivity contribution < 1.29 is 19.4 Å². The van der Waals surface area contributed by atoms with E-state index in [9.17, 15) is 14.7 Å². The number of aliphatic hydroxyl groups is 1. The van der Waals surface area contributed by atoms with Crippen LogP contribution in [0.5, 0.6) is 0 Å². The van der Waals surface area contributed by atoms with Crippen molar-refractivity contribution in [2.75, 3.05) is 0 Å². The second-order valence-electron chi connectivity index (χ2n) is 9.75. The van der Waals surface area contributed by atoms with E-state index in [-0.39, 0.29) is 40.0 Å². The summed E-state index contributed by atoms with van der Waals surface area (Å²) in [4.78, 5) is 23.8. The minimum Gasteiger partial charge on any atom is -0.458 e. The van der Waals surface area contributed by atoms with Crippen LogP contribution in [-0.2, 0) is 14.3 Å². The molecule has 0 aromatic rings. The SMILES string of the molecule is C[C@]12CCC(=O)C=C1C=C[C@@H]1[C@@H]2[C@H](O)C[C@@]2(C)[C@H]1CC[C@@]21CCC(=O)O1. The van der Waals surface area contributed by atoms with Gasteiger partial charge in [0, 0.05) is 24.2 Å². The molecule has 0 aromatic heterocycles. The van der Waals surface area contributed by atoms with Gasteiger partial charge in [0.1, 0.15) is 5.60 Å². The van der Waals surface area contributed by atoms with Crippen LogP contribution in [0.2, 0.25) is 0 Å². The largest absolute Gasteiger partial charge is 0.458 e. The first-order valence-corrected chi connectivity index (χ1v) is 10.1. The molecule has 1 N–H and O–H groups in total. The quantitative estimate of drug-likeness (QED) is 0.676. The highest BCUT2D eigenvalue weighted by atomic mass is 16.6. The molecule has 0 radical (unpaired) electrons. The standard InChI is InChI=1S/C22H28O4/c1-20-8-5-14(23)11-13(20)3-4-15-16-6-9-22(10-7-18(25)26-22)21(16,2)12-17(24)19(15)20/h3-4,11,15-17,19,24H,5-10,12H2,1-2H3/t15-,16-,17+,19+,20-,21-,22+/m0/s1. The summed E-state index contributed by atoms with van der Waals surface area (Å²) in [6.45, 7) is 4.48. The van der Waals surface area contributed by atoms with E-state index in [1.54, 1.807) is 6.08 Å². The van der Waals surface area contributed by atoms with E-state index in [0.29, 0.717) is 25.2 Å². The third-order valence-electron chi connectivity index (χ3n) is 8.79. The molecule has 0 amide bonds. The van der Waals surface area contributed by atoms with Gasteiger partial charge in [-0.25, -0.2) is 0 Å². The average Bonchev–Trinajstić information content (AvgIpc) is 3.09. The number of fused-ring (bicyclic) bond motifs is 6. The lowest BCUT2D eigenvalue weighted by atomic mass is 9.47. The molecular formula is C22H28O4. The van der Waals surface area contributed by atoms with E-state index in [0.717, 1.165) is 31.3 Å². The molecule has 7 atom stereocenters. The van der Waals surface area contributed by atoms with Crippen molar-refractivity contribution >= 4 is 11.8 Å². The molecule has 4 heteroatoms. The zero-order valence-corrected chi connectivity index (χ0v) is 15.7. The fourth-order valence-corrected chi connectivity index (χ4v) is 7.41. The molecule has 4 aliphatic carbocycles. The van der Waals surface area contributed by atoms with Crippen molar-refractivity contribution in [2.24, 2.45) is 28.6 Å². The Balaban J connectivity index is 1.58. The molecule has 1 heterocycles. The van der Waals surface area contributed by atoms with Crippen LogP contribution in [0.1, 0.15) is 58.8 Å². The van der Waals surface area contributed by atoms with Gasteiger partial charge < -0.3 is 9.84 Å². The maximum absolute atomic E-state index is 11.9. The van der Waals surface area contributed by atoms with Gasteiger partial charge in [-0.05, 0) is 61.0 Å². The first-order chi connectivity index (χ1) is 12.3. The number of carbonyl (C=O) groups is 2. The average molecular weight is 356 g/mol. The summed E-state index contributed by atoms with van der Waals surface area (Å²) >= 11 is 0. The van der Waals surface area contributed by atoms with Crippen LogP contribution in [0.15, 0.2) is 23.8 Å². The maximum atomic E-state index is 11.9. The predicted molar refractivity (Wildman–Crippen MR) is 96.1 cm³/mol. The first-order valence-electron chi connectivity index (χ1n) is 10.1. The second-order valence-corrected chi connectivity index (χ2v) is 9.75. The smallest absolute Gasteiger partial charge is 0.306 e. The molecule has 0 bridgehead atoms. The van der Waals surface area contributed by atoms with Crippen LogP contribution in [0.4, 0.5) is 0 Å². The van der Waals surface area contributed by atoms with Gasteiger partial charge in [0.25, 0.3) is 0 Å². The zero-order valence-electron chi connectivity index (χ0n) is 15.7. The highest BCUT2D eigenvalue weighted by Crippen LogP contribution is 2.68. The number of carbonyl (C=O) groups excluding carboxylic acids is 2. The lowest BCUT2D eigenvalue weighted by Gasteiger charge is -2.58. The number of rotatable bonds is 0. The van der Waals surface area contributed by atoms with E-state index in [1.165, 1.54) is 0 Å². The molecule has 4 nitrogen and oxygen atoms in total. The van der Waals surface area contributed by atoms with Crippen molar-refractivity contribution in [1.82, 2.24) is 0 Å². The molecule has 1 aliphatic heterocycles. The fraction of sp³-hybridized carbons (Fsp3) is 0.727. The summed E-state index contributed by atoms with van der Waals surface area (Å²) < 4.78 is 5.93. The van der Waals surface area contributed by atoms with Crippen LogP contribution < -0.4 is 0 Å². The number of hydrogen-bond acceptors (Lipinski definition) is 4. The number of hydrogen-bond donors (Lipinski definition) is 1. The molecule has 3 fully saturated rings. The van der Waals surface area contributed by atoms with Crippen molar-refractivity contribution in [1.29, 1.82) is 0 Å². The Labute approximate surface area is 154 Å². The molecule has 5 rings (SSSR count). The summed E-state index contributed by atoms with van der Waals surface area (Å²) in [5.41, 5.74) is 0.425. The Morgan fingerprint density at radius 3 is 2.69 bits per heavy atom. The van der Waals surface area contributed by atoms with Crippen molar-refractivity contribution in [2.45, 2.75) is 70.5 Å². The van der Waals surface area contributed by atoms with Crippen LogP contribution in [0.25, 0.3) is 0 Å². The van der Waals surface area contributed by atoms with Crippen LogP contribution in [-0.4, -0.2) is 28.6 Å². The Morgan fingerprint density at radius 1 is 1.15 bits per heavy atom. The molecule has 5 aliphatic rings. The van der Waals surface area contributed by atoms with Crippen molar-refractivity contribution in [3.63, 3.8) is 0 Å². The molecule has 1 spiro atoms.